The van der Waals surface area contributed by atoms with Crippen LogP contribution >= 0.6 is 0 Å². The highest BCUT2D eigenvalue weighted by Crippen LogP contribution is 2.12. The summed E-state index contributed by atoms with van der Waals surface area (Å²) in [5, 5.41) is 0. The first-order valence-electron chi connectivity index (χ1n) is 5.26. The first-order valence-corrected chi connectivity index (χ1v) is 5.26. The fourth-order valence-corrected chi connectivity index (χ4v) is 1.83. The van der Waals surface area contributed by atoms with Crippen LogP contribution < -0.4 is 0 Å². The van der Waals surface area contributed by atoms with E-state index in [1.165, 1.54) is 0 Å². The second-order valence-electron chi connectivity index (χ2n) is 3.74. The molecule has 4 nitrogen and oxygen atoms in total. The molecule has 0 bridgehead atoms. The molecular weight excluding hydrogens is 204 g/mol. The van der Waals surface area contributed by atoms with Crippen molar-refractivity contribution < 1.29 is 9.47 Å². The van der Waals surface area contributed by atoms with Crippen LogP contribution in [0.2, 0.25) is 0 Å². The molecule has 0 amide bonds. The Hall–Kier alpha value is -1.52. The molecule has 1 aromatic carbocycles. The molecule has 0 saturated heterocycles. The number of hydrogen-bond donors (Lipinski definition) is 0. The summed E-state index contributed by atoms with van der Waals surface area (Å²) in [4.78, 5) is 8.55. The first-order chi connectivity index (χ1) is 7.93. The van der Waals surface area contributed by atoms with Crippen LogP contribution in [0, 0.1) is 0 Å². The minimum Gasteiger partial charge on any atom is -0.353 e. The van der Waals surface area contributed by atoms with E-state index < -0.39 is 0 Å². The molecule has 0 saturated carbocycles. The van der Waals surface area contributed by atoms with E-state index in [0.29, 0.717) is 26.7 Å². The highest BCUT2D eigenvalue weighted by molar-refractivity contribution is 6.05. The molecule has 4 heteroatoms. The van der Waals surface area contributed by atoms with Gasteiger partial charge in [0.1, 0.15) is 13.5 Å². The van der Waals surface area contributed by atoms with Gasteiger partial charge in [0, 0.05) is 0 Å². The maximum Gasteiger partial charge on any atom is 0.138 e. The van der Waals surface area contributed by atoms with Crippen molar-refractivity contribution in [2.45, 2.75) is 0 Å². The number of nitrogens with zero attached hydrogens (tertiary/aromatic N) is 2. The Balaban J connectivity index is 1.84. The molecule has 0 unspecified atom stereocenters. The van der Waals surface area contributed by atoms with E-state index in [0.717, 1.165) is 22.6 Å². The van der Waals surface area contributed by atoms with Gasteiger partial charge in [-0.05, 0) is 11.1 Å². The molecule has 2 heterocycles. The zero-order valence-electron chi connectivity index (χ0n) is 8.85. The SMILES string of the molecule is c1cc(C2=NCOC2)ccc1C1=NCOC1. The molecule has 82 valence electrons. The minimum absolute atomic E-state index is 0.484. The van der Waals surface area contributed by atoms with Crippen molar-refractivity contribution in [3.8, 4) is 0 Å². The van der Waals surface area contributed by atoms with Crippen molar-refractivity contribution >= 4 is 11.4 Å². The summed E-state index contributed by atoms with van der Waals surface area (Å²) < 4.78 is 10.4. The van der Waals surface area contributed by atoms with Crippen molar-refractivity contribution in [2.24, 2.45) is 9.98 Å². The van der Waals surface area contributed by atoms with Gasteiger partial charge in [0.2, 0.25) is 0 Å². The lowest BCUT2D eigenvalue weighted by Crippen LogP contribution is -2.05. The van der Waals surface area contributed by atoms with Crippen molar-refractivity contribution in [3.05, 3.63) is 35.4 Å². The van der Waals surface area contributed by atoms with E-state index >= 15 is 0 Å². The van der Waals surface area contributed by atoms with E-state index in [-0.39, 0.29) is 0 Å². The molecule has 0 spiro atoms. The molecule has 0 atom stereocenters. The first kappa shape index (κ1) is 9.69. The van der Waals surface area contributed by atoms with E-state index in [1.807, 2.05) is 0 Å². The van der Waals surface area contributed by atoms with Crippen LogP contribution in [-0.4, -0.2) is 38.1 Å². The van der Waals surface area contributed by atoms with Crippen LogP contribution in [0.15, 0.2) is 34.3 Å². The Labute approximate surface area is 93.6 Å². The van der Waals surface area contributed by atoms with Gasteiger partial charge in [-0.25, -0.2) is 0 Å². The molecule has 1 aromatic rings. The number of ether oxygens (including phenoxy) is 2. The van der Waals surface area contributed by atoms with Gasteiger partial charge in [-0.1, -0.05) is 24.3 Å². The largest absolute Gasteiger partial charge is 0.353 e. The van der Waals surface area contributed by atoms with Crippen molar-refractivity contribution in [2.75, 3.05) is 26.7 Å². The summed E-state index contributed by atoms with van der Waals surface area (Å²) >= 11 is 0. The number of hydrogen-bond acceptors (Lipinski definition) is 4. The Morgan fingerprint density at radius 3 is 1.50 bits per heavy atom. The Morgan fingerprint density at radius 2 is 1.19 bits per heavy atom. The van der Waals surface area contributed by atoms with Gasteiger partial charge in [0.25, 0.3) is 0 Å². The molecule has 2 aliphatic rings. The van der Waals surface area contributed by atoms with Crippen LogP contribution in [-0.2, 0) is 9.47 Å². The standard InChI is InChI=1S/C12H12N2O2/c1-2-10(12-6-16-8-14-12)4-3-9(1)11-5-15-7-13-11/h1-4H,5-8H2. The highest BCUT2D eigenvalue weighted by Gasteiger charge is 2.11. The van der Waals surface area contributed by atoms with Crippen LogP contribution in [0.3, 0.4) is 0 Å². The second kappa shape index (κ2) is 4.15. The van der Waals surface area contributed by atoms with E-state index in [4.69, 9.17) is 9.47 Å². The Morgan fingerprint density at radius 1 is 0.750 bits per heavy atom. The summed E-state index contributed by atoms with van der Waals surface area (Å²) in [6, 6.07) is 8.24. The van der Waals surface area contributed by atoms with Gasteiger partial charge in [0.15, 0.2) is 0 Å². The Bertz CT molecular complexity index is 406. The topological polar surface area (TPSA) is 43.2 Å². The predicted molar refractivity (Wildman–Crippen MR) is 61.2 cm³/mol. The lowest BCUT2D eigenvalue weighted by atomic mass is 10.1. The molecule has 0 radical (unpaired) electrons. The predicted octanol–water partition coefficient (Wildman–Crippen LogP) is 1.24. The smallest absolute Gasteiger partial charge is 0.138 e. The summed E-state index contributed by atoms with van der Waals surface area (Å²) in [6.07, 6.45) is 0. The van der Waals surface area contributed by atoms with Gasteiger partial charge in [-0.2, -0.15) is 0 Å². The minimum atomic E-state index is 0.484. The second-order valence-corrected chi connectivity index (χ2v) is 3.74. The molecule has 0 N–H and O–H groups in total. The normalized spacial score (nSPS) is 19.8. The molecule has 0 fully saturated rings. The third-order valence-corrected chi connectivity index (χ3v) is 2.72. The summed E-state index contributed by atoms with van der Waals surface area (Å²) in [5.41, 5.74) is 4.30. The number of aliphatic imine (C=N–C) groups is 2. The Kier molecular flexibility index (Phi) is 2.52. The molecular formula is C12H12N2O2. The molecule has 3 rings (SSSR count). The van der Waals surface area contributed by atoms with Crippen LogP contribution in [0.4, 0.5) is 0 Å². The third kappa shape index (κ3) is 1.77. The van der Waals surface area contributed by atoms with Gasteiger partial charge in [-0.3, -0.25) is 9.98 Å². The fourth-order valence-electron chi connectivity index (χ4n) is 1.83. The molecule has 0 aromatic heterocycles. The molecule has 16 heavy (non-hydrogen) atoms. The lowest BCUT2D eigenvalue weighted by Gasteiger charge is -2.02. The fraction of sp³-hybridized carbons (Fsp3) is 0.333. The zero-order valence-corrected chi connectivity index (χ0v) is 8.85. The van der Waals surface area contributed by atoms with Gasteiger partial charge in [-0.15, -0.1) is 0 Å². The average Bonchev–Trinajstić information content (AvgIpc) is 3.03. The van der Waals surface area contributed by atoms with Gasteiger partial charge < -0.3 is 9.47 Å². The number of rotatable bonds is 2. The average molecular weight is 216 g/mol. The van der Waals surface area contributed by atoms with Crippen molar-refractivity contribution in [1.29, 1.82) is 0 Å². The van der Waals surface area contributed by atoms with E-state index in [9.17, 15) is 0 Å². The number of benzene rings is 1. The highest BCUT2D eigenvalue weighted by atomic mass is 16.5. The van der Waals surface area contributed by atoms with Gasteiger partial charge in [0.05, 0.1) is 24.6 Å². The lowest BCUT2D eigenvalue weighted by molar-refractivity contribution is 0.202. The van der Waals surface area contributed by atoms with E-state index in [1.54, 1.807) is 0 Å². The quantitative estimate of drug-likeness (QED) is 0.746. The van der Waals surface area contributed by atoms with Crippen LogP contribution in [0.5, 0.6) is 0 Å². The summed E-state index contributed by atoms with van der Waals surface area (Å²) in [7, 11) is 0. The van der Waals surface area contributed by atoms with Crippen molar-refractivity contribution in [3.63, 3.8) is 0 Å². The van der Waals surface area contributed by atoms with Gasteiger partial charge >= 0.3 is 0 Å². The third-order valence-electron chi connectivity index (χ3n) is 2.72. The summed E-state index contributed by atoms with van der Waals surface area (Å²) in [6.45, 7) is 2.20. The van der Waals surface area contributed by atoms with Crippen molar-refractivity contribution in [1.82, 2.24) is 0 Å². The van der Waals surface area contributed by atoms with Crippen LogP contribution in [0.25, 0.3) is 0 Å². The maximum absolute atomic E-state index is 5.19. The molecule has 0 aliphatic carbocycles. The maximum atomic E-state index is 5.19. The molecule has 2 aliphatic heterocycles. The monoisotopic (exact) mass is 216 g/mol. The van der Waals surface area contributed by atoms with Crippen LogP contribution in [0.1, 0.15) is 11.1 Å². The zero-order chi connectivity index (χ0) is 10.8. The summed E-state index contributed by atoms with van der Waals surface area (Å²) in [5.74, 6) is 0. The van der Waals surface area contributed by atoms with E-state index in [2.05, 4.69) is 34.3 Å².